The fraction of sp³-hybridized carbons (Fsp3) is 0.176. The van der Waals surface area contributed by atoms with Crippen LogP contribution < -0.4 is 15.4 Å². The molecule has 2 aromatic heterocycles. The lowest BCUT2D eigenvalue weighted by atomic mass is 10.0. The number of hydrogen-bond acceptors (Lipinski definition) is 5. The topological polar surface area (TPSA) is 93.2 Å². The van der Waals surface area contributed by atoms with Crippen LogP contribution in [-0.2, 0) is 9.59 Å². The molecule has 0 bridgehead atoms. The molecule has 2 heterocycles. The Hall–Kier alpha value is -5.11. The number of halogens is 1. The van der Waals surface area contributed by atoms with E-state index >= 15 is 0 Å². The van der Waals surface area contributed by atoms with Crippen LogP contribution in [-0.4, -0.2) is 21.8 Å². The molecule has 7 rings (SSSR count). The lowest BCUT2D eigenvalue weighted by molar-refractivity contribution is -0.131. The van der Waals surface area contributed by atoms with Gasteiger partial charge in [-0.05, 0) is 104 Å². The van der Waals surface area contributed by atoms with Gasteiger partial charge in [-0.2, -0.15) is 0 Å². The summed E-state index contributed by atoms with van der Waals surface area (Å²) in [4.78, 5) is 35.0. The summed E-state index contributed by atoms with van der Waals surface area (Å²) >= 11 is 0. The number of pyridine rings is 2. The lowest BCUT2D eigenvalue weighted by Crippen LogP contribution is -2.35. The lowest BCUT2D eigenvalue weighted by Gasteiger charge is -2.16. The number of hydrogen-bond donors (Lipinski definition) is 2. The third-order valence-electron chi connectivity index (χ3n) is 7.88. The fourth-order valence-electron chi connectivity index (χ4n) is 5.04. The first-order chi connectivity index (χ1) is 20.5. The van der Waals surface area contributed by atoms with E-state index in [2.05, 4.69) is 32.7 Å². The SMILES string of the molecule is O=C(Nc1ccc(F)cc1)C1(C(=O)Nc2ccc(Oc3ccnc4cc(-c5ccc(C6CC6)nc5)ccc34)cc2)CC1. The van der Waals surface area contributed by atoms with E-state index in [-0.39, 0.29) is 5.91 Å². The normalized spacial score (nSPS) is 15.2. The number of benzene rings is 3. The molecule has 3 aromatic carbocycles. The number of fused-ring (bicyclic) bond motifs is 1. The first kappa shape index (κ1) is 25.8. The maximum absolute atomic E-state index is 13.2. The van der Waals surface area contributed by atoms with Crippen molar-refractivity contribution in [2.45, 2.75) is 31.6 Å². The molecule has 2 fully saturated rings. The zero-order chi connectivity index (χ0) is 28.7. The van der Waals surface area contributed by atoms with E-state index in [9.17, 15) is 14.0 Å². The molecule has 8 heteroatoms. The maximum atomic E-state index is 13.2. The van der Waals surface area contributed by atoms with Crippen LogP contribution in [0.5, 0.6) is 11.5 Å². The first-order valence-electron chi connectivity index (χ1n) is 14.0. The Bertz CT molecular complexity index is 1800. The molecule has 0 atom stereocenters. The monoisotopic (exact) mass is 558 g/mol. The van der Waals surface area contributed by atoms with Crippen molar-refractivity contribution in [3.8, 4) is 22.6 Å². The Labute approximate surface area is 241 Å². The average molecular weight is 559 g/mol. The standard InChI is InChI=1S/C34H27FN4O3/c35-24-5-7-25(8-6-24)38-32(40)34(16-17-34)33(41)39-26-9-11-27(12-10-26)42-31-15-18-36-30-19-22(3-13-28(30)31)23-4-14-29(37-20-23)21-1-2-21/h3-15,18-21H,1-2,16-17H2,(H,38,40)(H,39,41). The van der Waals surface area contributed by atoms with Crippen LogP contribution in [0.1, 0.15) is 37.3 Å². The highest BCUT2D eigenvalue weighted by Crippen LogP contribution is 2.47. The van der Waals surface area contributed by atoms with Crippen LogP contribution >= 0.6 is 0 Å². The van der Waals surface area contributed by atoms with Crippen LogP contribution in [0.15, 0.2) is 97.3 Å². The highest BCUT2D eigenvalue weighted by molar-refractivity contribution is 6.16. The van der Waals surface area contributed by atoms with Gasteiger partial charge in [-0.25, -0.2) is 4.39 Å². The van der Waals surface area contributed by atoms with E-state index in [4.69, 9.17) is 4.74 Å². The molecule has 0 unspecified atom stereocenters. The highest BCUT2D eigenvalue weighted by Gasteiger charge is 2.56. The van der Waals surface area contributed by atoms with Crippen LogP contribution in [0.2, 0.25) is 0 Å². The Morgan fingerprint density at radius 1 is 0.786 bits per heavy atom. The average Bonchev–Trinajstić information content (AvgIpc) is 3.94. The quantitative estimate of drug-likeness (QED) is 0.193. The second kappa shape index (κ2) is 10.4. The van der Waals surface area contributed by atoms with Crippen LogP contribution in [0, 0.1) is 11.2 Å². The Morgan fingerprint density at radius 3 is 2.07 bits per heavy atom. The summed E-state index contributed by atoms with van der Waals surface area (Å²) < 4.78 is 19.4. The molecular weight excluding hydrogens is 531 g/mol. The van der Waals surface area contributed by atoms with E-state index in [1.807, 2.05) is 30.5 Å². The first-order valence-corrected chi connectivity index (χ1v) is 14.0. The summed E-state index contributed by atoms with van der Waals surface area (Å²) in [5.41, 5.74) is 3.94. The molecule has 0 radical (unpaired) electrons. The van der Waals surface area contributed by atoms with E-state index in [1.165, 1.54) is 42.8 Å². The van der Waals surface area contributed by atoms with E-state index in [1.54, 1.807) is 30.5 Å². The fourth-order valence-corrected chi connectivity index (χ4v) is 5.04. The van der Waals surface area contributed by atoms with Crippen LogP contribution in [0.25, 0.3) is 22.0 Å². The minimum atomic E-state index is -1.13. The third kappa shape index (κ3) is 5.19. The number of carbonyl (C=O) groups excluding carboxylic acids is 2. The van der Waals surface area contributed by atoms with Crippen LogP contribution in [0.3, 0.4) is 0 Å². The summed E-state index contributed by atoms with van der Waals surface area (Å²) in [7, 11) is 0. The summed E-state index contributed by atoms with van der Waals surface area (Å²) in [6.45, 7) is 0. The van der Waals surface area contributed by atoms with E-state index < -0.39 is 17.1 Å². The van der Waals surface area contributed by atoms with Crippen molar-refractivity contribution >= 4 is 34.1 Å². The van der Waals surface area contributed by atoms with Gasteiger partial charge < -0.3 is 15.4 Å². The Morgan fingerprint density at radius 2 is 1.45 bits per heavy atom. The summed E-state index contributed by atoms with van der Waals surface area (Å²) in [6.07, 6.45) is 7.01. The summed E-state index contributed by atoms with van der Waals surface area (Å²) in [6, 6.07) is 24.6. The van der Waals surface area contributed by atoms with Crippen molar-refractivity contribution in [3.05, 3.63) is 109 Å². The van der Waals surface area contributed by atoms with Gasteiger partial charge in [0.2, 0.25) is 11.8 Å². The zero-order valence-corrected chi connectivity index (χ0v) is 22.6. The molecule has 2 saturated carbocycles. The number of rotatable bonds is 8. The minimum Gasteiger partial charge on any atom is -0.457 e. The van der Waals surface area contributed by atoms with Gasteiger partial charge in [0.05, 0.1) is 5.52 Å². The van der Waals surface area contributed by atoms with Gasteiger partial charge in [-0.15, -0.1) is 0 Å². The van der Waals surface area contributed by atoms with Gasteiger partial charge in [0.1, 0.15) is 22.7 Å². The number of amides is 2. The van der Waals surface area contributed by atoms with Crippen molar-refractivity contribution in [1.29, 1.82) is 0 Å². The molecule has 208 valence electrons. The van der Waals surface area contributed by atoms with E-state index in [0.717, 1.165) is 22.0 Å². The predicted molar refractivity (Wildman–Crippen MR) is 159 cm³/mol. The van der Waals surface area contributed by atoms with Crippen LogP contribution in [0.4, 0.5) is 15.8 Å². The molecule has 5 aromatic rings. The number of ether oxygens (including phenoxy) is 1. The van der Waals surface area contributed by atoms with Crippen molar-refractivity contribution in [3.63, 3.8) is 0 Å². The van der Waals surface area contributed by atoms with Crippen molar-refractivity contribution in [2.75, 3.05) is 10.6 Å². The van der Waals surface area contributed by atoms with Crippen molar-refractivity contribution in [1.82, 2.24) is 9.97 Å². The zero-order valence-electron chi connectivity index (χ0n) is 22.6. The number of anilines is 2. The molecule has 0 saturated heterocycles. The largest absolute Gasteiger partial charge is 0.457 e. The second-order valence-corrected chi connectivity index (χ2v) is 10.9. The molecule has 2 aliphatic carbocycles. The second-order valence-electron chi connectivity index (χ2n) is 10.9. The molecule has 7 nitrogen and oxygen atoms in total. The van der Waals surface area contributed by atoms with Gasteiger partial charge in [0.15, 0.2) is 0 Å². The molecule has 2 N–H and O–H groups in total. The Kier molecular flexibility index (Phi) is 6.38. The maximum Gasteiger partial charge on any atom is 0.240 e. The number of nitrogens with one attached hydrogen (secondary N) is 2. The molecule has 2 amide bonds. The van der Waals surface area contributed by atoms with Crippen molar-refractivity contribution in [2.24, 2.45) is 5.41 Å². The predicted octanol–water partition coefficient (Wildman–Crippen LogP) is 7.46. The van der Waals surface area contributed by atoms with E-state index in [0.29, 0.717) is 41.6 Å². The highest BCUT2D eigenvalue weighted by atomic mass is 19.1. The molecule has 42 heavy (non-hydrogen) atoms. The summed E-state index contributed by atoms with van der Waals surface area (Å²) in [5, 5.41) is 6.44. The number of nitrogens with zero attached hydrogens (tertiary/aromatic N) is 2. The number of aromatic nitrogens is 2. The van der Waals surface area contributed by atoms with Gasteiger partial charge in [0.25, 0.3) is 0 Å². The van der Waals surface area contributed by atoms with Gasteiger partial charge in [0, 0.05) is 46.3 Å². The smallest absolute Gasteiger partial charge is 0.240 e. The summed E-state index contributed by atoms with van der Waals surface area (Å²) in [5.74, 6) is 0.723. The number of carbonyl (C=O) groups is 2. The molecular formula is C34H27FN4O3. The van der Waals surface area contributed by atoms with Crippen molar-refractivity contribution < 1.29 is 18.7 Å². The molecule has 0 aliphatic heterocycles. The van der Waals surface area contributed by atoms with Gasteiger partial charge >= 0.3 is 0 Å². The Balaban J connectivity index is 1.02. The molecule has 2 aliphatic rings. The van der Waals surface area contributed by atoms with Gasteiger partial charge in [-0.3, -0.25) is 19.6 Å². The third-order valence-corrected chi connectivity index (χ3v) is 7.88. The van der Waals surface area contributed by atoms with Gasteiger partial charge in [-0.1, -0.05) is 12.1 Å². The minimum absolute atomic E-state index is 0.371. The molecule has 0 spiro atoms.